The quantitative estimate of drug-likeness (QED) is 0.333. The maximum atomic E-state index is 3.26. The lowest BCUT2D eigenvalue weighted by Crippen LogP contribution is -1.69. The molecule has 0 nitrogen and oxygen atoms in total. The van der Waals surface area contributed by atoms with Crippen molar-refractivity contribution < 1.29 is 0 Å². The van der Waals surface area contributed by atoms with Crippen LogP contribution in [-0.4, -0.2) is 0 Å². The van der Waals surface area contributed by atoms with Gasteiger partial charge in [0.15, 0.2) is 0 Å². The van der Waals surface area contributed by atoms with Crippen LogP contribution in [0.25, 0.3) is 0 Å². The van der Waals surface area contributed by atoms with Gasteiger partial charge in [-0.3, -0.25) is 0 Å². The van der Waals surface area contributed by atoms with Gasteiger partial charge < -0.3 is 0 Å². The van der Waals surface area contributed by atoms with Crippen LogP contribution >= 0.6 is 0 Å². The largest absolute Gasteiger partial charge is 0.121 e. The molecule has 0 saturated heterocycles. The van der Waals surface area contributed by atoms with Crippen molar-refractivity contribution in [1.29, 1.82) is 0 Å². The molecule has 0 aromatic carbocycles. The summed E-state index contributed by atoms with van der Waals surface area (Å²) in [5, 5.41) is 0. The first-order chi connectivity index (χ1) is 5.85. The van der Waals surface area contributed by atoms with Crippen LogP contribution in [0.3, 0.4) is 0 Å². The fourth-order valence-corrected chi connectivity index (χ4v) is 0.863. The van der Waals surface area contributed by atoms with E-state index in [4.69, 9.17) is 0 Å². The molecule has 0 N–H and O–H groups in total. The summed E-state index contributed by atoms with van der Waals surface area (Å²) in [4.78, 5) is 0. The van der Waals surface area contributed by atoms with E-state index in [0.717, 1.165) is 12.8 Å². The molecular weight excluding hydrogens is 144 g/mol. The standard InChI is InChI=1S/C12H18/c1-4-7-8-9-11-12(6-3)10-5-2/h4-5,7,9-10H,6,8H2,1-3H3. The smallest absolute Gasteiger partial charge is 0.00696 e. The third-order valence-electron chi connectivity index (χ3n) is 1.53. The fourth-order valence-electron chi connectivity index (χ4n) is 0.863. The summed E-state index contributed by atoms with van der Waals surface area (Å²) in [6.07, 6.45) is 12.4. The first-order valence-corrected chi connectivity index (χ1v) is 4.53. The van der Waals surface area contributed by atoms with Crippen LogP contribution in [0.2, 0.25) is 0 Å². The van der Waals surface area contributed by atoms with Crippen molar-refractivity contribution in [3.05, 3.63) is 41.7 Å². The molecule has 0 aromatic rings. The van der Waals surface area contributed by atoms with Crippen molar-refractivity contribution >= 4 is 0 Å². The van der Waals surface area contributed by atoms with Crippen molar-refractivity contribution in [3.8, 4) is 0 Å². The van der Waals surface area contributed by atoms with Crippen LogP contribution in [0.15, 0.2) is 41.7 Å². The predicted octanol–water partition coefficient (Wildman–Crippen LogP) is 4.02. The molecule has 0 heterocycles. The maximum Gasteiger partial charge on any atom is -0.00696 e. The molecule has 66 valence electrons. The van der Waals surface area contributed by atoms with E-state index < -0.39 is 0 Å². The summed E-state index contributed by atoms with van der Waals surface area (Å²) in [5.74, 6) is 0. The molecule has 0 rings (SSSR count). The van der Waals surface area contributed by atoms with Crippen molar-refractivity contribution in [2.45, 2.75) is 33.6 Å². The molecule has 0 spiro atoms. The zero-order valence-corrected chi connectivity index (χ0v) is 8.30. The highest BCUT2D eigenvalue weighted by atomic mass is 13.9. The van der Waals surface area contributed by atoms with E-state index in [0.29, 0.717) is 0 Å². The summed E-state index contributed by atoms with van der Waals surface area (Å²) < 4.78 is 0. The Bertz CT molecular complexity index is 210. The zero-order chi connectivity index (χ0) is 9.23. The average Bonchev–Trinajstić information content (AvgIpc) is 2.10. The molecule has 0 heteroatoms. The van der Waals surface area contributed by atoms with Gasteiger partial charge in [-0.15, -0.1) is 5.73 Å². The van der Waals surface area contributed by atoms with E-state index in [9.17, 15) is 0 Å². The topological polar surface area (TPSA) is 0 Å². The molecule has 0 bridgehead atoms. The van der Waals surface area contributed by atoms with Crippen LogP contribution in [-0.2, 0) is 0 Å². The van der Waals surface area contributed by atoms with Crippen molar-refractivity contribution in [1.82, 2.24) is 0 Å². The molecule has 0 radical (unpaired) electrons. The van der Waals surface area contributed by atoms with Crippen LogP contribution in [0.4, 0.5) is 0 Å². The summed E-state index contributed by atoms with van der Waals surface area (Å²) in [7, 11) is 0. The molecular formula is C12H18. The van der Waals surface area contributed by atoms with Crippen LogP contribution in [0.5, 0.6) is 0 Å². The third-order valence-corrected chi connectivity index (χ3v) is 1.53. The summed E-state index contributed by atoms with van der Waals surface area (Å²) in [5.41, 5.74) is 4.52. The molecule has 0 amide bonds. The molecule has 0 unspecified atom stereocenters. The Balaban J connectivity index is 4.16. The van der Waals surface area contributed by atoms with Gasteiger partial charge in [0, 0.05) is 0 Å². The summed E-state index contributed by atoms with van der Waals surface area (Å²) in [6.45, 7) is 6.21. The fraction of sp³-hybridized carbons (Fsp3) is 0.417. The molecule has 0 fully saturated rings. The lowest BCUT2D eigenvalue weighted by Gasteiger charge is -1.88. The normalized spacial score (nSPS) is 10.6. The lowest BCUT2D eigenvalue weighted by atomic mass is 10.2. The second-order valence-corrected chi connectivity index (χ2v) is 2.53. The van der Waals surface area contributed by atoms with Gasteiger partial charge in [-0.05, 0) is 38.3 Å². The third kappa shape index (κ3) is 5.76. The predicted molar refractivity (Wildman–Crippen MR) is 56.1 cm³/mol. The summed E-state index contributed by atoms with van der Waals surface area (Å²) in [6, 6.07) is 0. The van der Waals surface area contributed by atoms with Crippen LogP contribution in [0, 0.1) is 0 Å². The Hall–Kier alpha value is -1.00. The number of hydrogen-bond donors (Lipinski definition) is 0. The highest BCUT2D eigenvalue weighted by Crippen LogP contribution is 2.00. The van der Waals surface area contributed by atoms with Gasteiger partial charge in [0.1, 0.15) is 0 Å². The molecule has 0 aliphatic heterocycles. The first kappa shape index (κ1) is 11.0. The minimum absolute atomic E-state index is 0.984. The van der Waals surface area contributed by atoms with E-state index in [1.807, 2.05) is 13.8 Å². The maximum absolute atomic E-state index is 3.26. The zero-order valence-electron chi connectivity index (χ0n) is 8.30. The number of allylic oxidation sites excluding steroid dienone is 5. The molecule has 0 atom stereocenters. The molecule has 0 saturated carbocycles. The molecule has 12 heavy (non-hydrogen) atoms. The molecule has 0 aromatic heterocycles. The Kier molecular flexibility index (Phi) is 7.42. The van der Waals surface area contributed by atoms with Gasteiger partial charge in [-0.1, -0.05) is 31.2 Å². The highest BCUT2D eigenvalue weighted by molar-refractivity contribution is 5.17. The Morgan fingerprint density at radius 2 is 2.00 bits per heavy atom. The van der Waals surface area contributed by atoms with Crippen molar-refractivity contribution in [2.24, 2.45) is 0 Å². The van der Waals surface area contributed by atoms with E-state index >= 15 is 0 Å². The van der Waals surface area contributed by atoms with Gasteiger partial charge in [0.05, 0.1) is 0 Å². The van der Waals surface area contributed by atoms with Gasteiger partial charge >= 0.3 is 0 Å². The SMILES string of the molecule is CC=CCC=C=C(C=CC)CC. The van der Waals surface area contributed by atoms with Crippen molar-refractivity contribution in [2.75, 3.05) is 0 Å². The van der Waals surface area contributed by atoms with Crippen molar-refractivity contribution in [3.63, 3.8) is 0 Å². The minimum atomic E-state index is 0.984. The van der Waals surface area contributed by atoms with E-state index in [2.05, 4.69) is 43.0 Å². The van der Waals surface area contributed by atoms with Gasteiger partial charge in [-0.25, -0.2) is 0 Å². The van der Waals surface area contributed by atoms with Crippen LogP contribution in [0.1, 0.15) is 33.6 Å². The van der Waals surface area contributed by atoms with Gasteiger partial charge in [-0.2, -0.15) is 0 Å². The van der Waals surface area contributed by atoms with Gasteiger partial charge in [0.25, 0.3) is 0 Å². The summed E-state index contributed by atoms with van der Waals surface area (Å²) >= 11 is 0. The molecule has 0 aliphatic rings. The molecule has 0 aliphatic carbocycles. The second kappa shape index (κ2) is 8.10. The number of hydrogen-bond acceptors (Lipinski definition) is 0. The van der Waals surface area contributed by atoms with E-state index in [1.165, 1.54) is 5.57 Å². The van der Waals surface area contributed by atoms with Gasteiger partial charge in [0.2, 0.25) is 0 Å². The second-order valence-electron chi connectivity index (χ2n) is 2.53. The van der Waals surface area contributed by atoms with E-state index in [-0.39, 0.29) is 0 Å². The Labute approximate surface area is 76.0 Å². The number of rotatable bonds is 4. The van der Waals surface area contributed by atoms with E-state index in [1.54, 1.807) is 0 Å². The highest BCUT2D eigenvalue weighted by Gasteiger charge is 1.81. The first-order valence-electron chi connectivity index (χ1n) is 4.53. The Morgan fingerprint density at radius 1 is 1.25 bits per heavy atom. The Morgan fingerprint density at radius 3 is 2.50 bits per heavy atom. The minimum Gasteiger partial charge on any atom is -0.121 e. The van der Waals surface area contributed by atoms with Crippen LogP contribution < -0.4 is 0 Å². The monoisotopic (exact) mass is 162 g/mol. The average molecular weight is 162 g/mol. The lowest BCUT2D eigenvalue weighted by molar-refractivity contribution is 1.15.